The van der Waals surface area contributed by atoms with Gasteiger partial charge in [-0.15, -0.1) is 0 Å². The zero-order valence-corrected chi connectivity index (χ0v) is 19.5. The monoisotopic (exact) mass is 462 g/mol. The zero-order chi connectivity index (χ0) is 23.9. The molecule has 1 fully saturated rings. The Hall–Kier alpha value is -3.85. The van der Waals surface area contributed by atoms with E-state index in [9.17, 15) is 9.59 Å². The molecule has 9 nitrogen and oxygen atoms in total. The smallest absolute Gasteiger partial charge is 0.263 e. The van der Waals surface area contributed by atoms with Gasteiger partial charge in [0.2, 0.25) is 0 Å². The lowest BCUT2D eigenvalue weighted by molar-refractivity contribution is 0.102. The largest absolute Gasteiger partial charge is 0.495 e. The Kier molecular flexibility index (Phi) is 7.44. The zero-order valence-electron chi connectivity index (χ0n) is 19.5. The molecule has 1 aliphatic heterocycles. The minimum absolute atomic E-state index is 0.0502. The highest BCUT2D eigenvalue weighted by Gasteiger charge is 2.20. The van der Waals surface area contributed by atoms with Gasteiger partial charge in [-0.25, -0.2) is 0 Å². The summed E-state index contributed by atoms with van der Waals surface area (Å²) in [5, 5.41) is 6.11. The third-order valence-electron chi connectivity index (χ3n) is 5.95. The number of pyridine rings is 2. The van der Waals surface area contributed by atoms with Crippen molar-refractivity contribution in [2.45, 2.75) is 6.42 Å². The summed E-state index contributed by atoms with van der Waals surface area (Å²) in [6.07, 6.45) is 5.76. The van der Waals surface area contributed by atoms with E-state index in [1.165, 1.54) is 6.20 Å². The molecule has 178 valence electrons. The summed E-state index contributed by atoms with van der Waals surface area (Å²) in [6.45, 7) is 4.22. The van der Waals surface area contributed by atoms with Crippen LogP contribution in [0.25, 0.3) is 0 Å². The quantitative estimate of drug-likeness (QED) is 0.473. The van der Waals surface area contributed by atoms with Gasteiger partial charge >= 0.3 is 0 Å². The fourth-order valence-electron chi connectivity index (χ4n) is 4.00. The average Bonchev–Trinajstić information content (AvgIpc) is 2.85. The van der Waals surface area contributed by atoms with Gasteiger partial charge in [-0.05, 0) is 55.4 Å². The number of hydrogen-bond acceptors (Lipinski definition) is 7. The second kappa shape index (κ2) is 10.8. The van der Waals surface area contributed by atoms with Crippen LogP contribution in [0.3, 0.4) is 0 Å². The van der Waals surface area contributed by atoms with Gasteiger partial charge in [0, 0.05) is 57.0 Å². The molecule has 0 spiro atoms. The van der Waals surface area contributed by atoms with Gasteiger partial charge in [0.15, 0.2) is 0 Å². The highest BCUT2D eigenvalue weighted by Crippen LogP contribution is 2.32. The summed E-state index contributed by atoms with van der Waals surface area (Å²) in [7, 11) is 3.74. The van der Waals surface area contributed by atoms with Gasteiger partial charge in [-0.3, -0.25) is 14.6 Å². The van der Waals surface area contributed by atoms with Gasteiger partial charge in [-0.2, -0.15) is 0 Å². The molecule has 0 aliphatic carbocycles. The lowest BCUT2D eigenvalue weighted by atomic mass is 10.1. The van der Waals surface area contributed by atoms with Gasteiger partial charge in [0.25, 0.3) is 11.5 Å². The van der Waals surface area contributed by atoms with Crippen molar-refractivity contribution in [3.63, 3.8) is 0 Å². The minimum atomic E-state index is -0.470. The minimum Gasteiger partial charge on any atom is -0.495 e. The maximum atomic E-state index is 13.1. The molecular formula is C25H30N6O3. The van der Waals surface area contributed by atoms with Gasteiger partial charge in [0.05, 0.1) is 18.5 Å². The number of methoxy groups -OCH3 is 1. The lowest BCUT2D eigenvalue weighted by Crippen LogP contribution is -2.44. The number of likely N-dealkylation sites (N-methyl/N-ethyl adjacent to an activating group) is 1. The van der Waals surface area contributed by atoms with E-state index in [-0.39, 0.29) is 5.56 Å². The summed E-state index contributed by atoms with van der Waals surface area (Å²) in [5.74, 6) is 0.279. The van der Waals surface area contributed by atoms with Gasteiger partial charge in [-0.1, -0.05) is 0 Å². The van der Waals surface area contributed by atoms with Crippen molar-refractivity contribution in [2.75, 3.05) is 62.4 Å². The Morgan fingerprint density at radius 3 is 2.62 bits per heavy atom. The highest BCUT2D eigenvalue weighted by molar-refractivity contribution is 6.08. The van der Waals surface area contributed by atoms with E-state index in [1.54, 1.807) is 31.6 Å². The van der Waals surface area contributed by atoms with Crippen molar-refractivity contribution < 1.29 is 9.53 Å². The fraction of sp³-hybridized carbons (Fsp3) is 0.320. The Balaban J connectivity index is 1.50. The van der Waals surface area contributed by atoms with Crippen LogP contribution in [-0.2, 0) is 6.42 Å². The molecule has 0 radical (unpaired) electrons. The summed E-state index contributed by atoms with van der Waals surface area (Å²) < 4.78 is 5.55. The van der Waals surface area contributed by atoms with Crippen LogP contribution in [0.1, 0.15) is 15.9 Å². The number of hydrogen-bond donors (Lipinski definition) is 3. The van der Waals surface area contributed by atoms with Crippen LogP contribution in [0.2, 0.25) is 0 Å². The van der Waals surface area contributed by atoms with E-state index in [0.29, 0.717) is 17.9 Å². The van der Waals surface area contributed by atoms with Crippen LogP contribution in [0, 0.1) is 0 Å². The number of anilines is 3. The molecule has 3 aromatic rings. The summed E-state index contributed by atoms with van der Waals surface area (Å²) in [4.78, 5) is 36.8. The van der Waals surface area contributed by atoms with Crippen molar-refractivity contribution in [3.05, 3.63) is 76.5 Å². The number of rotatable bonds is 8. The number of H-pyrrole nitrogens is 1. The lowest BCUT2D eigenvalue weighted by Gasteiger charge is -2.35. The number of nitrogens with one attached hydrogen (secondary N) is 3. The molecule has 3 N–H and O–H groups in total. The Labute approximate surface area is 198 Å². The second-order valence-corrected chi connectivity index (χ2v) is 8.26. The number of amides is 1. The molecular weight excluding hydrogens is 432 g/mol. The van der Waals surface area contributed by atoms with Crippen LogP contribution in [-0.4, -0.2) is 67.7 Å². The Bertz CT molecular complexity index is 1170. The number of carbonyl (C=O) groups excluding carboxylic acids is 1. The molecule has 0 atom stereocenters. The van der Waals surface area contributed by atoms with Crippen LogP contribution in [0.4, 0.5) is 17.1 Å². The average molecular weight is 463 g/mol. The van der Waals surface area contributed by atoms with Gasteiger partial charge < -0.3 is 30.2 Å². The first-order chi connectivity index (χ1) is 16.5. The number of aromatic nitrogens is 2. The number of benzene rings is 1. The number of ether oxygens (including phenoxy) is 1. The van der Waals surface area contributed by atoms with Gasteiger partial charge in [0.1, 0.15) is 11.3 Å². The second-order valence-electron chi connectivity index (χ2n) is 8.26. The molecule has 9 heteroatoms. The number of carbonyl (C=O) groups is 1. The molecule has 2 aromatic heterocycles. The molecule has 1 aromatic carbocycles. The first-order valence-corrected chi connectivity index (χ1v) is 11.3. The van der Waals surface area contributed by atoms with Crippen LogP contribution in [0.5, 0.6) is 5.75 Å². The molecule has 4 rings (SSSR count). The Morgan fingerprint density at radius 1 is 1.12 bits per heavy atom. The summed E-state index contributed by atoms with van der Waals surface area (Å²) in [5.41, 5.74) is 2.74. The van der Waals surface area contributed by atoms with E-state index in [1.807, 2.05) is 24.3 Å². The topological polar surface area (TPSA) is 103 Å². The number of aromatic amines is 1. The number of nitrogens with zero attached hydrogens (tertiary/aromatic N) is 3. The molecule has 0 unspecified atom stereocenters. The fourth-order valence-corrected chi connectivity index (χ4v) is 4.00. The molecule has 0 saturated carbocycles. The van der Waals surface area contributed by atoms with Crippen molar-refractivity contribution in [1.82, 2.24) is 14.9 Å². The van der Waals surface area contributed by atoms with Crippen LogP contribution < -0.4 is 25.8 Å². The molecule has 0 bridgehead atoms. The van der Waals surface area contributed by atoms with Crippen molar-refractivity contribution >= 4 is 23.0 Å². The van der Waals surface area contributed by atoms with Crippen LogP contribution >= 0.6 is 0 Å². The molecule has 3 heterocycles. The van der Waals surface area contributed by atoms with E-state index >= 15 is 0 Å². The molecule has 34 heavy (non-hydrogen) atoms. The summed E-state index contributed by atoms with van der Waals surface area (Å²) in [6, 6.07) is 11.1. The SMILES string of the molecule is COc1ccc(NC(=O)c2c(NCCc3ccncc3)cc[nH]c2=O)cc1N1CCN(C)CC1. The first kappa shape index (κ1) is 23.3. The summed E-state index contributed by atoms with van der Waals surface area (Å²) >= 11 is 0. The molecule has 1 saturated heterocycles. The predicted octanol–water partition coefficient (Wildman–Crippen LogP) is 2.44. The molecule has 1 amide bonds. The maximum absolute atomic E-state index is 13.1. The molecule has 1 aliphatic rings. The van der Waals surface area contributed by atoms with Crippen molar-refractivity contribution in [1.29, 1.82) is 0 Å². The normalized spacial score (nSPS) is 14.0. The Morgan fingerprint density at radius 2 is 1.88 bits per heavy atom. The van der Waals surface area contributed by atoms with Crippen molar-refractivity contribution in [2.24, 2.45) is 0 Å². The van der Waals surface area contributed by atoms with E-state index < -0.39 is 11.5 Å². The van der Waals surface area contributed by atoms with E-state index in [2.05, 4.69) is 37.4 Å². The maximum Gasteiger partial charge on any atom is 0.263 e. The number of piperazine rings is 1. The van der Waals surface area contributed by atoms with Crippen LogP contribution in [0.15, 0.2) is 59.8 Å². The third-order valence-corrected chi connectivity index (χ3v) is 5.95. The van der Waals surface area contributed by atoms with Crippen molar-refractivity contribution in [3.8, 4) is 5.75 Å². The standard InChI is InChI=1S/C25H30N6O3/c1-30-13-15-31(16-14-30)21-17-19(3-4-22(21)34-2)29-25(33)23-20(8-12-28-24(23)32)27-11-7-18-5-9-26-10-6-18/h3-6,8-10,12,17H,7,11,13-16H2,1-2H3,(H,29,33)(H2,27,28,32). The van der Waals surface area contributed by atoms with E-state index in [0.717, 1.165) is 49.6 Å². The van der Waals surface area contributed by atoms with E-state index in [4.69, 9.17) is 4.74 Å². The first-order valence-electron chi connectivity index (χ1n) is 11.3. The predicted molar refractivity (Wildman–Crippen MR) is 134 cm³/mol. The highest BCUT2D eigenvalue weighted by atomic mass is 16.5. The third kappa shape index (κ3) is 5.55.